The Morgan fingerprint density at radius 2 is 1.67 bits per heavy atom. The number of anilines is 1. The summed E-state index contributed by atoms with van der Waals surface area (Å²) < 4.78 is 27.0. The minimum absolute atomic E-state index is 0. The van der Waals surface area contributed by atoms with E-state index in [0.29, 0.717) is 16.5 Å². The second-order valence-corrected chi connectivity index (χ2v) is 8.57. The fourth-order valence-corrected chi connectivity index (χ4v) is 3.83. The van der Waals surface area contributed by atoms with Crippen LogP contribution in [0, 0.1) is 0 Å². The van der Waals surface area contributed by atoms with Crippen molar-refractivity contribution in [2.75, 3.05) is 24.4 Å². The van der Waals surface area contributed by atoms with Gasteiger partial charge in [-0.3, -0.25) is 4.31 Å². The third kappa shape index (κ3) is 6.09. The molecule has 0 unspecified atom stereocenters. The molecule has 0 amide bonds. The van der Waals surface area contributed by atoms with Gasteiger partial charge >= 0.3 is 0 Å². The number of benzene rings is 2. The van der Waals surface area contributed by atoms with Gasteiger partial charge in [0.25, 0.3) is 10.0 Å². The third-order valence-electron chi connectivity index (χ3n) is 4.38. The first-order chi connectivity index (χ1) is 12.4. The monoisotopic (exact) mass is 408 g/mol. The molecule has 0 saturated carbocycles. The van der Waals surface area contributed by atoms with Gasteiger partial charge in [-0.1, -0.05) is 44.2 Å². The summed E-state index contributed by atoms with van der Waals surface area (Å²) in [5.74, 6) is 0.373. The molecule has 0 saturated heterocycles. The van der Waals surface area contributed by atoms with E-state index in [0.717, 1.165) is 30.6 Å². The second kappa shape index (κ2) is 10.5. The first-order valence-electron chi connectivity index (χ1n) is 8.85. The summed E-state index contributed by atoms with van der Waals surface area (Å²) in [5.41, 5.74) is 2.94. The van der Waals surface area contributed by atoms with Crippen molar-refractivity contribution in [2.45, 2.75) is 31.1 Å². The molecule has 0 aromatic heterocycles. The molecule has 0 aliphatic rings. The fraction of sp³-hybridized carbons (Fsp3) is 0.333. The standard InChI is InChI=1S/C21H28N2O2S.ClH/c1-5-15-22-16-14-18-6-10-20(11-7-18)23(4)26(24,25)21-12-8-19(9-13-21)17(2)3;/h5-13,17,22H,1,14-16H2,2-4H3;1H. The van der Waals surface area contributed by atoms with Gasteiger partial charge in [0.15, 0.2) is 0 Å². The lowest BCUT2D eigenvalue weighted by Gasteiger charge is -2.20. The van der Waals surface area contributed by atoms with Crippen LogP contribution in [0.4, 0.5) is 5.69 Å². The van der Waals surface area contributed by atoms with Gasteiger partial charge in [0.2, 0.25) is 0 Å². The maximum Gasteiger partial charge on any atom is 0.264 e. The zero-order chi connectivity index (χ0) is 19.2. The van der Waals surface area contributed by atoms with E-state index in [1.807, 2.05) is 42.5 Å². The maximum absolute atomic E-state index is 12.8. The van der Waals surface area contributed by atoms with Crippen LogP contribution in [-0.2, 0) is 16.4 Å². The lowest BCUT2D eigenvalue weighted by Crippen LogP contribution is -2.26. The summed E-state index contributed by atoms with van der Waals surface area (Å²) in [7, 11) is -1.97. The number of sulfonamides is 1. The third-order valence-corrected chi connectivity index (χ3v) is 6.18. The molecular weight excluding hydrogens is 380 g/mol. The van der Waals surface area contributed by atoms with Crippen LogP contribution >= 0.6 is 12.4 Å². The Labute approximate surface area is 169 Å². The van der Waals surface area contributed by atoms with Gasteiger partial charge in [0.1, 0.15) is 0 Å². The molecule has 0 fully saturated rings. The van der Waals surface area contributed by atoms with Gasteiger partial charge in [-0.25, -0.2) is 8.42 Å². The van der Waals surface area contributed by atoms with Crippen molar-refractivity contribution in [3.63, 3.8) is 0 Å². The summed E-state index contributed by atoms with van der Waals surface area (Å²) >= 11 is 0. The number of halogens is 1. The van der Waals surface area contributed by atoms with E-state index in [9.17, 15) is 8.42 Å². The molecule has 0 bridgehead atoms. The number of hydrogen-bond donors (Lipinski definition) is 1. The molecule has 148 valence electrons. The Kier molecular flexibility index (Phi) is 9.03. The molecule has 0 aliphatic heterocycles. The number of hydrogen-bond acceptors (Lipinski definition) is 3. The van der Waals surface area contributed by atoms with Crippen LogP contribution in [0.25, 0.3) is 0 Å². The zero-order valence-corrected chi connectivity index (χ0v) is 17.8. The Hall–Kier alpha value is -1.82. The summed E-state index contributed by atoms with van der Waals surface area (Å²) in [5, 5.41) is 3.25. The Morgan fingerprint density at radius 3 is 2.19 bits per heavy atom. The topological polar surface area (TPSA) is 49.4 Å². The van der Waals surface area contributed by atoms with E-state index in [1.54, 1.807) is 19.2 Å². The zero-order valence-electron chi connectivity index (χ0n) is 16.2. The van der Waals surface area contributed by atoms with Gasteiger partial charge < -0.3 is 5.32 Å². The van der Waals surface area contributed by atoms with E-state index < -0.39 is 10.0 Å². The van der Waals surface area contributed by atoms with Crippen LogP contribution in [0.5, 0.6) is 0 Å². The smallest absolute Gasteiger partial charge is 0.264 e. The van der Waals surface area contributed by atoms with Gasteiger partial charge in [0, 0.05) is 13.6 Å². The van der Waals surface area contributed by atoms with Crippen LogP contribution in [-0.4, -0.2) is 28.6 Å². The second-order valence-electron chi connectivity index (χ2n) is 6.61. The number of nitrogens with zero attached hydrogens (tertiary/aromatic N) is 1. The average molecular weight is 409 g/mol. The van der Waals surface area contributed by atoms with E-state index >= 15 is 0 Å². The van der Waals surface area contributed by atoms with Gasteiger partial charge in [-0.2, -0.15) is 0 Å². The summed E-state index contributed by atoms with van der Waals surface area (Å²) in [6.45, 7) is 9.50. The molecule has 0 radical (unpaired) electrons. The molecular formula is C21H29ClN2O2S. The number of rotatable bonds is 9. The van der Waals surface area contributed by atoms with E-state index in [2.05, 4.69) is 25.7 Å². The quantitative estimate of drug-likeness (QED) is 0.495. The highest BCUT2D eigenvalue weighted by molar-refractivity contribution is 7.92. The summed E-state index contributed by atoms with van der Waals surface area (Å²) in [4.78, 5) is 0.308. The highest BCUT2D eigenvalue weighted by Gasteiger charge is 2.21. The van der Waals surface area contributed by atoms with Crippen molar-refractivity contribution in [2.24, 2.45) is 0 Å². The molecule has 2 aromatic carbocycles. The predicted octanol–water partition coefficient (Wildman–Crippen LogP) is 4.38. The van der Waals surface area contributed by atoms with E-state index in [1.165, 1.54) is 4.31 Å². The highest BCUT2D eigenvalue weighted by atomic mass is 35.5. The number of nitrogens with one attached hydrogen (secondary N) is 1. The molecule has 0 heterocycles. The molecule has 4 nitrogen and oxygen atoms in total. The van der Waals surface area contributed by atoms with Crippen molar-refractivity contribution < 1.29 is 8.42 Å². The first-order valence-corrected chi connectivity index (χ1v) is 10.3. The molecule has 0 aliphatic carbocycles. The molecule has 0 atom stereocenters. The molecule has 27 heavy (non-hydrogen) atoms. The molecule has 0 spiro atoms. The molecule has 1 N–H and O–H groups in total. The fourth-order valence-electron chi connectivity index (χ4n) is 2.63. The first kappa shape index (κ1) is 23.2. The van der Waals surface area contributed by atoms with Gasteiger partial charge in [-0.15, -0.1) is 19.0 Å². The van der Waals surface area contributed by atoms with Crippen molar-refractivity contribution >= 4 is 28.1 Å². The van der Waals surface area contributed by atoms with Crippen molar-refractivity contribution in [3.8, 4) is 0 Å². The lowest BCUT2D eigenvalue weighted by molar-refractivity contribution is 0.594. The highest BCUT2D eigenvalue weighted by Crippen LogP contribution is 2.24. The minimum Gasteiger partial charge on any atom is -0.313 e. The van der Waals surface area contributed by atoms with E-state index in [-0.39, 0.29) is 12.4 Å². The summed E-state index contributed by atoms with van der Waals surface area (Å²) in [6, 6.07) is 14.8. The Morgan fingerprint density at radius 1 is 1.07 bits per heavy atom. The van der Waals surface area contributed by atoms with Crippen molar-refractivity contribution in [1.29, 1.82) is 0 Å². The minimum atomic E-state index is -3.56. The van der Waals surface area contributed by atoms with Crippen LogP contribution < -0.4 is 9.62 Å². The van der Waals surface area contributed by atoms with Crippen LogP contribution in [0.3, 0.4) is 0 Å². The lowest BCUT2D eigenvalue weighted by atomic mass is 10.0. The molecule has 2 rings (SSSR count). The van der Waals surface area contributed by atoms with Crippen LogP contribution in [0.15, 0.2) is 66.1 Å². The summed E-state index contributed by atoms with van der Waals surface area (Å²) in [6.07, 6.45) is 2.72. The van der Waals surface area contributed by atoms with Gasteiger partial charge in [-0.05, 0) is 54.3 Å². The predicted molar refractivity (Wildman–Crippen MR) is 117 cm³/mol. The van der Waals surface area contributed by atoms with E-state index in [4.69, 9.17) is 0 Å². The largest absolute Gasteiger partial charge is 0.313 e. The van der Waals surface area contributed by atoms with Crippen LogP contribution in [0.2, 0.25) is 0 Å². The molecule has 2 aromatic rings. The van der Waals surface area contributed by atoms with Gasteiger partial charge in [0.05, 0.1) is 10.6 Å². The van der Waals surface area contributed by atoms with Crippen molar-refractivity contribution in [1.82, 2.24) is 5.32 Å². The van der Waals surface area contributed by atoms with Crippen LogP contribution in [0.1, 0.15) is 30.9 Å². The molecule has 6 heteroatoms. The normalized spacial score (nSPS) is 11.1. The van der Waals surface area contributed by atoms with Crippen molar-refractivity contribution in [3.05, 3.63) is 72.3 Å². The maximum atomic E-state index is 12.8. The Bertz CT molecular complexity index is 816. The SMILES string of the molecule is C=CCNCCc1ccc(N(C)S(=O)(=O)c2ccc(C(C)C)cc2)cc1.Cl. The Balaban J connectivity index is 0.00000364. The average Bonchev–Trinajstić information content (AvgIpc) is 2.65.